The molecule has 0 aliphatic rings. The Kier molecular flexibility index (Phi) is 5.60. The zero-order valence-electron chi connectivity index (χ0n) is 10.9. The number of nitrogens with two attached hydrogens (primary N) is 1. The van der Waals surface area contributed by atoms with Crippen molar-refractivity contribution in [1.29, 1.82) is 5.41 Å². The second-order valence-electron chi connectivity index (χ2n) is 4.05. The van der Waals surface area contributed by atoms with Gasteiger partial charge >= 0.3 is 0 Å². The standard InChI is InChI=1S/C12H11Cl2N5O.ClH/c1-6-10(11(20)18-12(15)16)5-17-19(6)9-3-7(13)2-8(14)4-9;/h2-5H,1H3,(H4,15,16,18,20);1H. The van der Waals surface area contributed by atoms with Crippen LogP contribution in [0, 0.1) is 12.3 Å². The number of halogens is 3. The van der Waals surface area contributed by atoms with Crippen molar-refractivity contribution in [1.82, 2.24) is 15.1 Å². The molecule has 1 aromatic heterocycles. The largest absolute Gasteiger partial charge is 0.370 e. The van der Waals surface area contributed by atoms with Crippen molar-refractivity contribution in [2.24, 2.45) is 5.73 Å². The Hall–Kier alpha value is -1.76. The first-order valence-corrected chi connectivity index (χ1v) is 6.30. The number of guanidine groups is 1. The van der Waals surface area contributed by atoms with Crippen LogP contribution < -0.4 is 11.1 Å². The highest BCUT2D eigenvalue weighted by Gasteiger charge is 2.16. The quantitative estimate of drug-likeness (QED) is 0.574. The Balaban J connectivity index is 0.00000220. The second kappa shape index (κ2) is 6.80. The van der Waals surface area contributed by atoms with Crippen molar-refractivity contribution in [2.75, 3.05) is 0 Å². The van der Waals surface area contributed by atoms with E-state index in [2.05, 4.69) is 10.4 Å². The van der Waals surface area contributed by atoms with Crippen molar-refractivity contribution in [3.63, 3.8) is 0 Å². The Morgan fingerprint density at radius 3 is 2.43 bits per heavy atom. The average molecular weight is 349 g/mol. The van der Waals surface area contributed by atoms with E-state index < -0.39 is 11.9 Å². The monoisotopic (exact) mass is 347 g/mol. The van der Waals surface area contributed by atoms with Crippen molar-refractivity contribution < 1.29 is 4.79 Å². The van der Waals surface area contributed by atoms with E-state index in [9.17, 15) is 4.79 Å². The number of hydrogen-bond acceptors (Lipinski definition) is 3. The molecule has 0 saturated carbocycles. The van der Waals surface area contributed by atoms with Gasteiger partial charge in [-0.3, -0.25) is 15.5 Å². The third kappa shape index (κ3) is 3.87. The number of aromatic nitrogens is 2. The second-order valence-corrected chi connectivity index (χ2v) is 4.92. The minimum atomic E-state index is -0.491. The van der Waals surface area contributed by atoms with Crippen LogP contribution in [0.25, 0.3) is 5.69 Å². The van der Waals surface area contributed by atoms with Gasteiger partial charge in [0.05, 0.1) is 23.1 Å². The molecule has 2 rings (SSSR count). The lowest BCUT2D eigenvalue weighted by molar-refractivity contribution is 0.0976. The van der Waals surface area contributed by atoms with Crippen LogP contribution in [0.5, 0.6) is 0 Å². The number of amides is 1. The number of nitrogens with zero attached hydrogens (tertiary/aromatic N) is 2. The van der Waals surface area contributed by atoms with Crippen LogP contribution in [-0.2, 0) is 0 Å². The first-order valence-electron chi connectivity index (χ1n) is 5.55. The first-order chi connectivity index (χ1) is 9.38. The van der Waals surface area contributed by atoms with Gasteiger partial charge in [-0.15, -0.1) is 12.4 Å². The summed E-state index contributed by atoms with van der Waals surface area (Å²) < 4.78 is 1.53. The van der Waals surface area contributed by atoms with Gasteiger partial charge < -0.3 is 5.73 Å². The van der Waals surface area contributed by atoms with Crippen molar-refractivity contribution in [3.05, 3.63) is 45.7 Å². The zero-order valence-corrected chi connectivity index (χ0v) is 13.2. The third-order valence-electron chi connectivity index (χ3n) is 2.59. The Labute approximate surface area is 137 Å². The summed E-state index contributed by atoms with van der Waals surface area (Å²) >= 11 is 11.9. The van der Waals surface area contributed by atoms with E-state index in [1.165, 1.54) is 10.9 Å². The maximum Gasteiger partial charge on any atom is 0.261 e. The van der Waals surface area contributed by atoms with E-state index in [-0.39, 0.29) is 12.4 Å². The number of carbonyl (C=O) groups excluding carboxylic acids is 1. The van der Waals surface area contributed by atoms with Crippen molar-refractivity contribution >= 4 is 47.5 Å². The fraction of sp³-hybridized carbons (Fsp3) is 0.0833. The summed E-state index contributed by atoms with van der Waals surface area (Å²) in [4.78, 5) is 11.8. The molecule has 0 radical (unpaired) electrons. The summed E-state index contributed by atoms with van der Waals surface area (Å²) in [7, 11) is 0. The van der Waals surface area contributed by atoms with Gasteiger partial charge in [0, 0.05) is 10.0 Å². The van der Waals surface area contributed by atoms with Crippen LogP contribution in [0.3, 0.4) is 0 Å². The van der Waals surface area contributed by atoms with Crippen LogP contribution in [0.2, 0.25) is 10.0 Å². The van der Waals surface area contributed by atoms with E-state index in [1.807, 2.05) is 0 Å². The van der Waals surface area contributed by atoms with Gasteiger partial charge in [-0.1, -0.05) is 23.2 Å². The molecule has 0 aliphatic heterocycles. The smallest absolute Gasteiger partial charge is 0.261 e. The first kappa shape index (κ1) is 17.3. The molecular weight excluding hydrogens is 337 g/mol. The maximum atomic E-state index is 11.8. The molecule has 4 N–H and O–H groups in total. The predicted molar refractivity (Wildman–Crippen MR) is 84.9 cm³/mol. The van der Waals surface area contributed by atoms with Crippen molar-refractivity contribution in [3.8, 4) is 5.69 Å². The molecule has 2 aromatic rings. The SMILES string of the molecule is Cc1c(C(=O)NC(=N)N)cnn1-c1cc(Cl)cc(Cl)c1.Cl. The van der Waals surface area contributed by atoms with E-state index in [0.717, 1.165) is 0 Å². The molecule has 6 nitrogen and oxygen atoms in total. The molecule has 1 heterocycles. The molecule has 9 heteroatoms. The van der Waals surface area contributed by atoms with Gasteiger partial charge in [0.2, 0.25) is 0 Å². The highest BCUT2D eigenvalue weighted by molar-refractivity contribution is 6.34. The van der Waals surface area contributed by atoms with Crippen LogP contribution in [0.4, 0.5) is 0 Å². The summed E-state index contributed by atoms with van der Waals surface area (Å²) in [5.74, 6) is -0.915. The Morgan fingerprint density at radius 2 is 1.90 bits per heavy atom. The summed E-state index contributed by atoms with van der Waals surface area (Å²) in [5.41, 5.74) is 6.67. The van der Waals surface area contributed by atoms with Gasteiger partial charge in [-0.2, -0.15) is 5.10 Å². The van der Waals surface area contributed by atoms with Gasteiger partial charge in [0.25, 0.3) is 5.91 Å². The molecule has 0 fully saturated rings. The summed E-state index contributed by atoms with van der Waals surface area (Å²) in [5, 5.41) is 14.3. The lowest BCUT2D eigenvalue weighted by Gasteiger charge is -2.07. The Morgan fingerprint density at radius 1 is 1.33 bits per heavy atom. The molecule has 0 bridgehead atoms. The molecule has 0 spiro atoms. The molecule has 112 valence electrons. The van der Waals surface area contributed by atoms with Crippen LogP contribution in [-0.4, -0.2) is 21.6 Å². The lowest BCUT2D eigenvalue weighted by Crippen LogP contribution is -2.35. The fourth-order valence-electron chi connectivity index (χ4n) is 1.74. The number of rotatable bonds is 2. The summed E-state index contributed by atoms with van der Waals surface area (Å²) in [6.07, 6.45) is 1.39. The number of nitrogens with one attached hydrogen (secondary N) is 2. The predicted octanol–water partition coefficient (Wildman–Crippen LogP) is 2.53. The van der Waals surface area contributed by atoms with Gasteiger partial charge in [0.1, 0.15) is 0 Å². The molecule has 0 unspecified atom stereocenters. The van der Waals surface area contributed by atoms with Gasteiger partial charge in [0.15, 0.2) is 5.96 Å². The number of benzene rings is 1. The lowest BCUT2D eigenvalue weighted by atomic mass is 10.2. The highest BCUT2D eigenvalue weighted by Crippen LogP contribution is 2.23. The number of carbonyl (C=O) groups is 1. The van der Waals surface area contributed by atoms with E-state index >= 15 is 0 Å². The highest BCUT2D eigenvalue weighted by atomic mass is 35.5. The van der Waals surface area contributed by atoms with Crippen LogP contribution in [0.1, 0.15) is 16.1 Å². The minimum absolute atomic E-state index is 0. The van der Waals surface area contributed by atoms with Gasteiger partial charge in [-0.25, -0.2) is 4.68 Å². The topological polar surface area (TPSA) is 96.8 Å². The molecular formula is C12H12Cl3N5O. The van der Waals surface area contributed by atoms with E-state index in [1.54, 1.807) is 25.1 Å². The van der Waals surface area contributed by atoms with E-state index in [4.69, 9.17) is 34.3 Å². The molecule has 0 saturated heterocycles. The zero-order chi connectivity index (χ0) is 14.9. The minimum Gasteiger partial charge on any atom is -0.370 e. The normalized spacial score (nSPS) is 9.86. The average Bonchev–Trinajstić information content (AvgIpc) is 2.68. The molecule has 1 aromatic carbocycles. The van der Waals surface area contributed by atoms with E-state index in [0.29, 0.717) is 27.0 Å². The molecule has 21 heavy (non-hydrogen) atoms. The molecule has 0 atom stereocenters. The van der Waals surface area contributed by atoms with Crippen LogP contribution >= 0.6 is 35.6 Å². The van der Waals surface area contributed by atoms with Crippen molar-refractivity contribution in [2.45, 2.75) is 6.92 Å². The Bertz CT molecular complexity index is 678. The summed E-state index contributed by atoms with van der Waals surface area (Å²) in [6.45, 7) is 1.72. The fourth-order valence-corrected chi connectivity index (χ4v) is 2.26. The number of hydrogen-bond donors (Lipinski definition) is 3. The van der Waals surface area contributed by atoms with Gasteiger partial charge in [-0.05, 0) is 25.1 Å². The molecule has 1 amide bonds. The molecule has 0 aliphatic carbocycles. The third-order valence-corrected chi connectivity index (χ3v) is 3.03. The van der Waals surface area contributed by atoms with Crippen LogP contribution in [0.15, 0.2) is 24.4 Å². The maximum absolute atomic E-state index is 11.8. The summed E-state index contributed by atoms with van der Waals surface area (Å²) in [6, 6.07) is 4.97.